The van der Waals surface area contributed by atoms with Crippen molar-refractivity contribution in [1.29, 1.82) is 0 Å². The van der Waals surface area contributed by atoms with Crippen LogP contribution in [-0.4, -0.2) is 23.7 Å². The molecule has 0 aliphatic rings. The highest BCUT2D eigenvalue weighted by atomic mass is 16.2. The molecule has 1 aromatic carbocycles. The molecule has 1 aromatic rings. The number of aliphatic hydroxyl groups excluding tert-OH is 1. The van der Waals surface area contributed by atoms with Gasteiger partial charge in [-0.25, -0.2) is 0 Å². The zero-order valence-corrected chi connectivity index (χ0v) is 9.44. The molecule has 88 valence electrons. The summed E-state index contributed by atoms with van der Waals surface area (Å²) in [7, 11) is 0. The van der Waals surface area contributed by atoms with Crippen LogP contribution in [0.2, 0.25) is 0 Å². The SMILES string of the molecule is C[C@@H](N)C(=O)Nc1cccc(CCCO)c1. The largest absolute Gasteiger partial charge is 0.396 e. The van der Waals surface area contributed by atoms with Gasteiger partial charge in [0.1, 0.15) is 0 Å². The van der Waals surface area contributed by atoms with Gasteiger partial charge in [0.05, 0.1) is 6.04 Å². The van der Waals surface area contributed by atoms with Gasteiger partial charge in [0.25, 0.3) is 0 Å². The van der Waals surface area contributed by atoms with Crippen LogP contribution in [-0.2, 0) is 11.2 Å². The number of carbonyl (C=O) groups is 1. The number of aryl methyl sites for hydroxylation is 1. The van der Waals surface area contributed by atoms with Gasteiger partial charge in [-0.05, 0) is 37.5 Å². The van der Waals surface area contributed by atoms with Crippen molar-refractivity contribution in [3.05, 3.63) is 29.8 Å². The smallest absolute Gasteiger partial charge is 0.240 e. The minimum atomic E-state index is -0.513. The van der Waals surface area contributed by atoms with Crippen LogP contribution < -0.4 is 11.1 Å². The monoisotopic (exact) mass is 222 g/mol. The van der Waals surface area contributed by atoms with E-state index in [-0.39, 0.29) is 12.5 Å². The van der Waals surface area contributed by atoms with E-state index in [9.17, 15) is 4.79 Å². The predicted molar refractivity (Wildman–Crippen MR) is 64.1 cm³/mol. The van der Waals surface area contributed by atoms with E-state index in [4.69, 9.17) is 10.8 Å². The van der Waals surface area contributed by atoms with E-state index in [1.165, 1.54) is 0 Å². The van der Waals surface area contributed by atoms with Crippen molar-refractivity contribution in [2.45, 2.75) is 25.8 Å². The molecular formula is C12H18N2O2. The van der Waals surface area contributed by atoms with Crippen LogP contribution in [0.5, 0.6) is 0 Å². The number of rotatable bonds is 5. The van der Waals surface area contributed by atoms with Crippen molar-refractivity contribution in [2.24, 2.45) is 5.73 Å². The summed E-state index contributed by atoms with van der Waals surface area (Å²) in [6, 6.07) is 7.06. The Morgan fingerprint density at radius 3 is 2.94 bits per heavy atom. The summed E-state index contributed by atoms with van der Waals surface area (Å²) in [4.78, 5) is 11.4. The molecule has 4 N–H and O–H groups in total. The lowest BCUT2D eigenvalue weighted by Gasteiger charge is -2.09. The van der Waals surface area contributed by atoms with Gasteiger partial charge in [0.15, 0.2) is 0 Å². The first-order valence-corrected chi connectivity index (χ1v) is 5.39. The van der Waals surface area contributed by atoms with Crippen LogP contribution in [0.25, 0.3) is 0 Å². The zero-order valence-electron chi connectivity index (χ0n) is 9.44. The molecule has 0 spiro atoms. The summed E-state index contributed by atoms with van der Waals surface area (Å²) in [5, 5.41) is 11.5. The lowest BCUT2D eigenvalue weighted by atomic mass is 10.1. The Balaban J connectivity index is 2.63. The van der Waals surface area contributed by atoms with E-state index < -0.39 is 6.04 Å². The predicted octanol–water partition coefficient (Wildman–Crippen LogP) is 0.897. The third kappa shape index (κ3) is 4.00. The van der Waals surface area contributed by atoms with Gasteiger partial charge in [-0.2, -0.15) is 0 Å². The van der Waals surface area contributed by atoms with E-state index >= 15 is 0 Å². The van der Waals surface area contributed by atoms with Gasteiger partial charge in [-0.15, -0.1) is 0 Å². The summed E-state index contributed by atoms with van der Waals surface area (Å²) >= 11 is 0. The number of benzene rings is 1. The lowest BCUT2D eigenvalue weighted by Crippen LogP contribution is -2.32. The maximum Gasteiger partial charge on any atom is 0.240 e. The standard InChI is InChI=1S/C12H18N2O2/c1-9(13)12(16)14-11-6-2-4-10(8-11)5-3-7-15/h2,4,6,8-9,15H,3,5,7,13H2,1H3,(H,14,16)/t9-/m1/s1. The molecule has 1 rings (SSSR count). The lowest BCUT2D eigenvalue weighted by molar-refractivity contribution is -0.117. The number of nitrogens with one attached hydrogen (secondary N) is 1. The quantitative estimate of drug-likeness (QED) is 0.692. The molecule has 1 amide bonds. The van der Waals surface area contributed by atoms with Gasteiger partial charge in [0.2, 0.25) is 5.91 Å². The van der Waals surface area contributed by atoms with E-state index in [1.807, 2.05) is 24.3 Å². The zero-order chi connectivity index (χ0) is 12.0. The Morgan fingerprint density at radius 1 is 1.56 bits per heavy atom. The van der Waals surface area contributed by atoms with Crippen molar-refractivity contribution >= 4 is 11.6 Å². The summed E-state index contributed by atoms with van der Waals surface area (Å²) in [6.07, 6.45) is 1.53. The number of hydrogen-bond acceptors (Lipinski definition) is 3. The second-order valence-corrected chi connectivity index (χ2v) is 3.81. The molecule has 1 atom stereocenters. The molecule has 4 nitrogen and oxygen atoms in total. The summed E-state index contributed by atoms with van der Waals surface area (Å²) < 4.78 is 0. The first kappa shape index (κ1) is 12.7. The molecule has 4 heteroatoms. The van der Waals surface area contributed by atoms with Crippen molar-refractivity contribution in [3.8, 4) is 0 Å². The summed E-state index contributed by atoms with van der Waals surface area (Å²) in [5.41, 5.74) is 7.30. The molecule has 16 heavy (non-hydrogen) atoms. The Labute approximate surface area is 95.5 Å². The second kappa shape index (κ2) is 6.25. The molecule has 0 aromatic heterocycles. The fourth-order valence-corrected chi connectivity index (χ4v) is 1.34. The van der Waals surface area contributed by atoms with Crippen molar-refractivity contribution in [2.75, 3.05) is 11.9 Å². The van der Waals surface area contributed by atoms with Crippen LogP contribution in [0.15, 0.2) is 24.3 Å². The number of aliphatic hydroxyl groups is 1. The molecule has 0 aliphatic heterocycles. The molecule has 0 bridgehead atoms. The van der Waals surface area contributed by atoms with Crippen molar-refractivity contribution in [1.82, 2.24) is 0 Å². The van der Waals surface area contributed by atoms with Crippen molar-refractivity contribution < 1.29 is 9.90 Å². The maximum absolute atomic E-state index is 11.4. The molecule has 0 saturated heterocycles. The molecule has 0 unspecified atom stereocenters. The Bertz CT molecular complexity index is 351. The molecular weight excluding hydrogens is 204 g/mol. The number of hydrogen-bond donors (Lipinski definition) is 3. The number of amides is 1. The first-order chi connectivity index (χ1) is 7.63. The second-order valence-electron chi connectivity index (χ2n) is 3.81. The van der Waals surface area contributed by atoms with E-state index in [0.29, 0.717) is 0 Å². The molecule has 0 aliphatic carbocycles. The Hall–Kier alpha value is -1.39. The van der Waals surface area contributed by atoms with Crippen LogP contribution in [0, 0.1) is 0 Å². The van der Waals surface area contributed by atoms with E-state index in [0.717, 1.165) is 24.1 Å². The molecule has 0 radical (unpaired) electrons. The maximum atomic E-state index is 11.4. The molecule has 0 heterocycles. The first-order valence-electron chi connectivity index (χ1n) is 5.39. The van der Waals surface area contributed by atoms with Gasteiger partial charge in [-0.1, -0.05) is 12.1 Å². The minimum absolute atomic E-state index is 0.177. The van der Waals surface area contributed by atoms with Gasteiger partial charge < -0.3 is 16.2 Å². The molecule has 0 saturated carbocycles. The van der Waals surface area contributed by atoms with Gasteiger partial charge in [0, 0.05) is 12.3 Å². The minimum Gasteiger partial charge on any atom is -0.396 e. The van der Waals surface area contributed by atoms with E-state index in [1.54, 1.807) is 6.92 Å². The van der Waals surface area contributed by atoms with E-state index in [2.05, 4.69) is 5.32 Å². The third-order valence-corrected chi connectivity index (χ3v) is 2.23. The fraction of sp³-hybridized carbons (Fsp3) is 0.417. The van der Waals surface area contributed by atoms with Gasteiger partial charge >= 0.3 is 0 Å². The Morgan fingerprint density at radius 2 is 2.31 bits per heavy atom. The highest BCUT2D eigenvalue weighted by Crippen LogP contribution is 2.12. The number of nitrogens with two attached hydrogens (primary N) is 1. The number of anilines is 1. The van der Waals surface area contributed by atoms with Crippen molar-refractivity contribution in [3.63, 3.8) is 0 Å². The van der Waals surface area contributed by atoms with Crippen LogP contribution in [0.1, 0.15) is 18.9 Å². The molecule has 0 fully saturated rings. The highest BCUT2D eigenvalue weighted by Gasteiger charge is 2.07. The van der Waals surface area contributed by atoms with Gasteiger partial charge in [-0.3, -0.25) is 4.79 Å². The number of carbonyl (C=O) groups excluding carboxylic acids is 1. The summed E-state index contributed by atoms with van der Waals surface area (Å²) in [6.45, 7) is 1.82. The average molecular weight is 222 g/mol. The third-order valence-electron chi connectivity index (χ3n) is 2.23. The van der Waals surface area contributed by atoms with Crippen LogP contribution >= 0.6 is 0 Å². The van der Waals surface area contributed by atoms with Crippen LogP contribution in [0.4, 0.5) is 5.69 Å². The van der Waals surface area contributed by atoms with Crippen LogP contribution in [0.3, 0.4) is 0 Å². The summed E-state index contributed by atoms with van der Waals surface area (Å²) in [5.74, 6) is -0.195. The fourth-order valence-electron chi connectivity index (χ4n) is 1.34. The Kier molecular flexibility index (Phi) is 4.95. The highest BCUT2D eigenvalue weighted by molar-refractivity contribution is 5.94. The topological polar surface area (TPSA) is 75.4 Å². The normalized spacial score (nSPS) is 12.2. The average Bonchev–Trinajstić information content (AvgIpc) is 2.26.